The fraction of sp³-hybridized carbons (Fsp3) is 0.417. The van der Waals surface area contributed by atoms with Crippen molar-refractivity contribution in [1.29, 1.82) is 0 Å². The van der Waals surface area contributed by atoms with Gasteiger partial charge in [0.25, 0.3) is 0 Å². The van der Waals surface area contributed by atoms with E-state index in [1.165, 1.54) is 25.3 Å². The molecule has 0 saturated carbocycles. The second kappa shape index (κ2) is 6.09. The Morgan fingerprint density at radius 1 is 1.45 bits per heavy atom. The maximum atomic E-state index is 12.2. The average molecular weight is 321 g/mol. The highest BCUT2D eigenvalue weighted by Gasteiger charge is 2.27. The highest BCUT2D eigenvalue weighted by molar-refractivity contribution is 7.89. The maximum Gasteiger partial charge on any atom is 0.337 e. The Kier molecular flexibility index (Phi) is 5.15. The average Bonchev–Trinajstić information content (AvgIpc) is 2.36. The van der Waals surface area contributed by atoms with Crippen LogP contribution in [0.5, 0.6) is 0 Å². The molecule has 0 bridgehead atoms. The number of nitrogens with one attached hydrogen (secondary N) is 1. The van der Waals surface area contributed by atoms with Gasteiger partial charge in [0, 0.05) is 12.1 Å². The van der Waals surface area contributed by atoms with Crippen molar-refractivity contribution in [3.8, 4) is 0 Å². The van der Waals surface area contributed by atoms with E-state index in [0.29, 0.717) is 0 Å². The van der Waals surface area contributed by atoms with E-state index in [4.69, 9.17) is 17.3 Å². The van der Waals surface area contributed by atoms with Crippen LogP contribution in [0.3, 0.4) is 0 Å². The third kappa shape index (κ3) is 3.92. The van der Waals surface area contributed by atoms with E-state index in [1.807, 2.05) is 0 Å². The summed E-state index contributed by atoms with van der Waals surface area (Å²) in [5, 5.41) is -0.0618. The number of methoxy groups -OCH3 is 1. The molecule has 0 heterocycles. The molecule has 0 unspecified atom stereocenters. The first-order chi connectivity index (χ1) is 9.13. The summed E-state index contributed by atoms with van der Waals surface area (Å²) in [6, 6.07) is 3.84. The predicted molar refractivity (Wildman–Crippen MR) is 76.2 cm³/mol. The van der Waals surface area contributed by atoms with Gasteiger partial charge in [-0.2, -0.15) is 0 Å². The molecule has 0 amide bonds. The number of halogens is 1. The molecule has 3 N–H and O–H groups in total. The van der Waals surface area contributed by atoms with Crippen LogP contribution in [-0.2, 0) is 14.8 Å². The summed E-state index contributed by atoms with van der Waals surface area (Å²) in [5.74, 6) is -0.592. The third-order valence-electron chi connectivity index (χ3n) is 2.56. The summed E-state index contributed by atoms with van der Waals surface area (Å²) >= 11 is 5.93. The molecule has 0 aliphatic heterocycles. The van der Waals surface area contributed by atoms with Gasteiger partial charge < -0.3 is 10.5 Å². The zero-order chi connectivity index (χ0) is 15.6. The number of rotatable bonds is 5. The summed E-state index contributed by atoms with van der Waals surface area (Å²) in [7, 11) is -2.60. The van der Waals surface area contributed by atoms with Gasteiger partial charge in [-0.1, -0.05) is 11.6 Å². The second-order valence-corrected chi connectivity index (χ2v) is 6.89. The topological polar surface area (TPSA) is 98.5 Å². The number of sulfonamides is 1. The van der Waals surface area contributed by atoms with Crippen LogP contribution in [-0.4, -0.2) is 33.6 Å². The Bertz CT molecular complexity index is 614. The van der Waals surface area contributed by atoms with E-state index in [9.17, 15) is 13.2 Å². The molecule has 0 fully saturated rings. The number of hydrogen-bond donors (Lipinski definition) is 2. The molecule has 112 valence electrons. The lowest BCUT2D eigenvalue weighted by Gasteiger charge is -2.24. The van der Waals surface area contributed by atoms with E-state index < -0.39 is 21.5 Å². The Labute approximate surface area is 123 Å². The molecule has 6 nitrogen and oxygen atoms in total. The molecular formula is C12H17ClN2O4S. The molecule has 0 spiro atoms. The molecule has 20 heavy (non-hydrogen) atoms. The van der Waals surface area contributed by atoms with Crippen molar-refractivity contribution < 1.29 is 17.9 Å². The van der Waals surface area contributed by atoms with E-state index in [2.05, 4.69) is 9.46 Å². The van der Waals surface area contributed by atoms with Crippen LogP contribution in [0.2, 0.25) is 5.02 Å². The van der Waals surface area contributed by atoms with Gasteiger partial charge in [0.2, 0.25) is 10.0 Å². The monoisotopic (exact) mass is 320 g/mol. The van der Waals surface area contributed by atoms with Crippen LogP contribution in [0.15, 0.2) is 23.1 Å². The minimum Gasteiger partial charge on any atom is -0.465 e. The number of benzene rings is 1. The maximum absolute atomic E-state index is 12.2. The molecule has 0 radical (unpaired) electrons. The van der Waals surface area contributed by atoms with E-state index in [-0.39, 0.29) is 22.0 Å². The zero-order valence-electron chi connectivity index (χ0n) is 11.4. The number of carbonyl (C=O) groups excluding carboxylic acids is 1. The number of ether oxygens (including phenoxy) is 1. The standard InChI is InChI=1S/C12H17ClN2O4S/c1-12(2,7-14)15-20(17,18)10-5-4-8(6-9(10)13)11(16)19-3/h4-6,15H,7,14H2,1-3H3. The van der Waals surface area contributed by atoms with Crippen LogP contribution in [0.4, 0.5) is 0 Å². The largest absolute Gasteiger partial charge is 0.465 e. The fourth-order valence-corrected chi connectivity index (χ4v) is 3.39. The molecule has 0 aliphatic rings. The Balaban J connectivity index is 3.18. The van der Waals surface area contributed by atoms with E-state index >= 15 is 0 Å². The van der Waals surface area contributed by atoms with Gasteiger partial charge >= 0.3 is 5.97 Å². The Morgan fingerprint density at radius 2 is 2.05 bits per heavy atom. The molecule has 0 atom stereocenters. The van der Waals surface area contributed by atoms with Crippen LogP contribution >= 0.6 is 11.6 Å². The second-order valence-electron chi connectivity index (χ2n) is 4.83. The highest BCUT2D eigenvalue weighted by atomic mass is 35.5. The normalized spacial score (nSPS) is 12.2. The minimum absolute atomic E-state index is 0.0618. The van der Waals surface area contributed by atoms with Crippen molar-refractivity contribution >= 4 is 27.6 Å². The quantitative estimate of drug-likeness (QED) is 0.793. The van der Waals surface area contributed by atoms with E-state index in [1.54, 1.807) is 13.8 Å². The molecule has 1 aromatic carbocycles. The number of carbonyl (C=O) groups is 1. The first-order valence-electron chi connectivity index (χ1n) is 5.75. The summed E-state index contributed by atoms with van der Waals surface area (Å²) in [6.07, 6.45) is 0. The fourth-order valence-electron chi connectivity index (χ4n) is 1.42. The van der Waals surface area contributed by atoms with Crippen LogP contribution in [0.1, 0.15) is 24.2 Å². The molecule has 1 aromatic rings. The molecular weight excluding hydrogens is 304 g/mol. The predicted octanol–water partition coefficient (Wildman–Crippen LogP) is 1.14. The molecule has 1 rings (SSSR count). The molecule has 0 aliphatic carbocycles. The smallest absolute Gasteiger partial charge is 0.337 e. The van der Waals surface area contributed by atoms with Crippen molar-refractivity contribution in [1.82, 2.24) is 4.72 Å². The minimum atomic E-state index is -3.82. The summed E-state index contributed by atoms with van der Waals surface area (Å²) in [4.78, 5) is 11.2. The molecule has 8 heteroatoms. The third-order valence-corrected chi connectivity index (χ3v) is 4.74. The van der Waals surface area contributed by atoms with Gasteiger partial charge in [-0.15, -0.1) is 0 Å². The summed E-state index contributed by atoms with van der Waals surface area (Å²) < 4.78 is 31.4. The van der Waals surface area contributed by atoms with Gasteiger partial charge in [-0.3, -0.25) is 0 Å². The first kappa shape index (κ1) is 16.9. The van der Waals surface area contributed by atoms with Gasteiger partial charge in [-0.05, 0) is 32.0 Å². The van der Waals surface area contributed by atoms with Crippen molar-refractivity contribution in [2.24, 2.45) is 5.73 Å². The first-order valence-corrected chi connectivity index (χ1v) is 7.61. The van der Waals surface area contributed by atoms with Crippen LogP contribution in [0.25, 0.3) is 0 Å². The van der Waals surface area contributed by atoms with Gasteiger partial charge in [0.05, 0.1) is 17.7 Å². The highest BCUT2D eigenvalue weighted by Crippen LogP contribution is 2.24. The lowest BCUT2D eigenvalue weighted by atomic mass is 10.1. The zero-order valence-corrected chi connectivity index (χ0v) is 13.0. The van der Waals surface area contributed by atoms with Crippen LogP contribution in [0, 0.1) is 0 Å². The van der Waals surface area contributed by atoms with Crippen molar-refractivity contribution in [2.45, 2.75) is 24.3 Å². The van der Waals surface area contributed by atoms with E-state index in [0.717, 1.165) is 0 Å². The molecule has 0 aromatic heterocycles. The number of nitrogens with two attached hydrogens (primary N) is 1. The van der Waals surface area contributed by atoms with Gasteiger partial charge in [-0.25, -0.2) is 17.9 Å². The summed E-state index contributed by atoms with van der Waals surface area (Å²) in [5.41, 5.74) is 4.86. The van der Waals surface area contributed by atoms with Crippen molar-refractivity contribution in [3.05, 3.63) is 28.8 Å². The Morgan fingerprint density at radius 3 is 2.50 bits per heavy atom. The lowest BCUT2D eigenvalue weighted by Crippen LogP contribution is -2.48. The SMILES string of the molecule is COC(=O)c1ccc(S(=O)(=O)NC(C)(C)CN)c(Cl)c1. The van der Waals surface area contributed by atoms with Gasteiger partial charge in [0.15, 0.2) is 0 Å². The number of hydrogen-bond acceptors (Lipinski definition) is 5. The van der Waals surface area contributed by atoms with Crippen LogP contribution < -0.4 is 10.5 Å². The Hall–Kier alpha value is -1.15. The summed E-state index contributed by atoms with van der Waals surface area (Å²) in [6.45, 7) is 3.44. The number of esters is 1. The molecule has 0 saturated heterocycles. The van der Waals surface area contributed by atoms with Gasteiger partial charge in [0.1, 0.15) is 4.90 Å². The van der Waals surface area contributed by atoms with Crippen molar-refractivity contribution in [3.63, 3.8) is 0 Å². The van der Waals surface area contributed by atoms with Crippen molar-refractivity contribution in [2.75, 3.05) is 13.7 Å². The lowest BCUT2D eigenvalue weighted by molar-refractivity contribution is 0.0600.